The van der Waals surface area contributed by atoms with E-state index in [1.54, 1.807) is 24.3 Å². The summed E-state index contributed by atoms with van der Waals surface area (Å²) in [5, 5.41) is 8.28. The SMILES string of the molecule is COC(=O)Nc1ccc(NC(=O)NC2CCOc3ccccc32)cc1. The maximum atomic E-state index is 12.2. The van der Waals surface area contributed by atoms with Gasteiger partial charge >= 0.3 is 12.1 Å². The van der Waals surface area contributed by atoms with E-state index in [1.165, 1.54) is 7.11 Å². The first-order valence-corrected chi connectivity index (χ1v) is 7.90. The summed E-state index contributed by atoms with van der Waals surface area (Å²) in [7, 11) is 1.30. The lowest BCUT2D eigenvalue weighted by atomic mass is 10.0. The zero-order chi connectivity index (χ0) is 17.6. The summed E-state index contributed by atoms with van der Waals surface area (Å²) in [5.74, 6) is 0.803. The van der Waals surface area contributed by atoms with Crippen molar-refractivity contribution in [2.45, 2.75) is 12.5 Å². The minimum Gasteiger partial charge on any atom is -0.493 e. The predicted octanol–water partition coefficient (Wildman–Crippen LogP) is 3.51. The number of amides is 3. The van der Waals surface area contributed by atoms with Crippen LogP contribution in [0.15, 0.2) is 48.5 Å². The van der Waals surface area contributed by atoms with Crippen molar-refractivity contribution < 1.29 is 19.1 Å². The van der Waals surface area contributed by atoms with Crippen molar-refractivity contribution in [1.82, 2.24) is 5.32 Å². The van der Waals surface area contributed by atoms with E-state index < -0.39 is 6.09 Å². The van der Waals surface area contributed by atoms with Crippen molar-refractivity contribution in [2.24, 2.45) is 0 Å². The van der Waals surface area contributed by atoms with Crippen molar-refractivity contribution in [2.75, 3.05) is 24.4 Å². The molecule has 2 aromatic carbocycles. The van der Waals surface area contributed by atoms with Crippen molar-refractivity contribution in [3.63, 3.8) is 0 Å². The molecule has 0 fully saturated rings. The Labute approximate surface area is 145 Å². The zero-order valence-electron chi connectivity index (χ0n) is 13.7. The second-order valence-electron chi connectivity index (χ2n) is 5.52. The van der Waals surface area contributed by atoms with E-state index in [0.29, 0.717) is 24.4 Å². The summed E-state index contributed by atoms with van der Waals surface area (Å²) in [6, 6.07) is 14.0. The quantitative estimate of drug-likeness (QED) is 0.797. The molecule has 0 radical (unpaired) electrons. The Balaban J connectivity index is 1.59. The molecular weight excluding hydrogens is 322 g/mol. The van der Waals surface area contributed by atoms with Crippen molar-refractivity contribution >= 4 is 23.5 Å². The molecule has 0 spiro atoms. The molecule has 1 aliphatic rings. The highest BCUT2D eigenvalue weighted by molar-refractivity contribution is 5.90. The van der Waals surface area contributed by atoms with Crippen LogP contribution in [0, 0.1) is 0 Å². The average molecular weight is 341 g/mol. The standard InChI is InChI=1S/C18H19N3O4/c1-24-18(23)20-13-8-6-12(7-9-13)19-17(22)21-15-10-11-25-16-5-3-2-4-14(15)16/h2-9,15H,10-11H2,1H3,(H,20,23)(H2,19,21,22). The van der Waals surface area contributed by atoms with Crippen LogP contribution in [0.3, 0.4) is 0 Å². The van der Waals surface area contributed by atoms with Gasteiger partial charge in [-0.3, -0.25) is 5.32 Å². The van der Waals surface area contributed by atoms with Gasteiger partial charge in [0, 0.05) is 23.4 Å². The number of nitrogens with one attached hydrogen (secondary N) is 3. The zero-order valence-corrected chi connectivity index (χ0v) is 13.7. The Hall–Kier alpha value is -3.22. The van der Waals surface area contributed by atoms with Crippen LogP contribution in [-0.2, 0) is 4.74 Å². The highest BCUT2D eigenvalue weighted by Crippen LogP contribution is 2.31. The molecule has 130 valence electrons. The van der Waals surface area contributed by atoms with Crippen LogP contribution < -0.4 is 20.7 Å². The summed E-state index contributed by atoms with van der Waals surface area (Å²) in [6.07, 6.45) is 0.170. The van der Waals surface area contributed by atoms with E-state index in [0.717, 1.165) is 11.3 Å². The number of methoxy groups -OCH3 is 1. The average Bonchev–Trinajstić information content (AvgIpc) is 2.63. The smallest absolute Gasteiger partial charge is 0.411 e. The topological polar surface area (TPSA) is 88.7 Å². The summed E-state index contributed by atoms with van der Waals surface area (Å²) in [6.45, 7) is 0.565. The molecule has 0 saturated heterocycles. The minimum atomic E-state index is -0.545. The number of carbonyl (C=O) groups is 2. The molecule has 1 heterocycles. The van der Waals surface area contributed by atoms with Gasteiger partial charge in [0.1, 0.15) is 5.75 Å². The van der Waals surface area contributed by atoms with Gasteiger partial charge in [0.15, 0.2) is 0 Å². The monoisotopic (exact) mass is 341 g/mol. The number of hydrogen-bond donors (Lipinski definition) is 3. The van der Waals surface area contributed by atoms with Gasteiger partial charge in [-0.25, -0.2) is 9.59 Å². The molecule has 3 N–H and O–H groups in total. The molecule has 3 rings (SSSR count). The number of fused-ring (bicyclic) bond motifs is 1. The van der Waals surface area contributed by atoms with Crippen LogP contribution in [0.5, 0.6) is 5.75 Å². The van der Waals surface area contributed by atoms with Crippen LogP contribution in [-0.4, -0.2) is 25.8 Å². The number of urea groups is 1. The Bertz CT molecular complexity index is 761. The molecule has 1 atom stereocenters. The Morgan fingerprint density at radius 1 is 1.04 bits per heavy atom. The van der Waals surface area contributed by atoms with E-state index in [4.69, 9.17) is 4.74 Å². The molecular formula is C18H19N3O4. The van der Waals surface area contributed by atoms with Gasteiger partial charge in [0.25, 0.3) is 0 Å². The maximum Gasteiger partial charge on any atom is 0.411 e. The predicted molar refractivity (Wildman–Crippen MR) is 93.9 cm³/mol. The van der Waals surface area contributed by atoms with Crippen molar-refractivity contribution in [3.05, 3.63) is 54.1 Å². The summed E-state index contributed by atoms with van der Waals surface area (Å²) < 4.78 is 10.1. The van der Waals surface area contributed by atoms with Gasteiger partial charge in [-0.1, -0.05) is 18.2 Å². The van der Waals surface area contributed by atoms with E-state index in [2.05, 4.69) is 20.7 Å². The molecule has 25 heavy (non-hydrogen) atoms. The van der Waals surface area contributed by atoms with Gasteiger partial charge in [0.05, 0.1) is 19.8 Å². The normalized spacial score (nSPS) is 15.3. The lowest BCUT2D eigenvalue weighted by Gasteiger charge is -2.26. The van der Waals surface area contributed by atoms with Gasteiger partial charge < -0.3 is 20.1 Å². The number of ether oxygens (including phenoxy) is 2. The summed E-state index contributed by atoms with van der Waals surface area (Å²) in [4.78, 5) is 23.4. The maximum absolute atomic E-state index is 12.2. The molecule has 0 aromatic heterocycles. The molecule has 7 nitrogen and oxygen atoms in total. The first kappa shape index (κ1) is 16.6. The van der Waals surface area contributed by atoms with E-state index in [1.807, 2.05) is 24.3 Å². The van der Waals surface area contributed by atoms with Crippen LogP contribution in [0.4, 0.5) is 21.0 Å². The molecule has 0 aliphatic carbocycles. The second-order valence-corrected chi connectivity index (χ2v) is 5.52. The lowest BCUT2D eigenvalue weighted by Crippen LogP contribution is -2.35. The Morgan fingerprint density at radius 3 is 2.44 bits per heavy atom. The van der Waals surface area contributed by atoms with Crippen molar-refractivity contribution in [1.29, 1.82) is 0 Å². The third kappa shape index (κ3) is 4.20. The van der Waals surface area contributed by atoms with Gasteiger partial charge in [-0.2, -0.15) is 0 Å². The van der Waals surface area contributed by atoms with Crippen molar-refractivity contribution in [3.8, 4) is 5.75 Å². The first-order valence-electron chi connectivity index (χ1n) is 7.90. The number of rotatable bonds is 3. The number of benzene rings is 2. The molecule has 0 saturated carbocycles. The largest absolute Gasteiger partial charge is 0.493 e. The van der Waals surface area contributed by atoms with Crippen LogP contribution in [0.1, 0.15) is 18.0 Å². The number of carbonyl (C=O) groups excluding carboxylic acids is 2. The van der Waals surface area contributed by atoms with Gasteiger partial charge in [0.2, 0.25) is 0 Å². The van der Waals surface area contributed by atoms with E-state index in [-0.39, 0.29) is 12.1 Å². The number of anilines is 2. The second kappa shape index (κ2) is 7.57. The highest BCUT2D eigenvalue weighted by Gasteiger charge is 2.22. The van der Waals surface area contributed by atoms with E-state index in [9.17, 15) is 9.59 Å². The third-order valence-corrected chi connectivity index (χ3v) is 3.84. The summed E-state index contributed by atoms with van der Waals surface area (Å²) in [5.41, 5.74) is 2.17. The minimum absolute atomic E-state index is 0.0924. The molecule has 3 amide bonds. The van der Waals surface area contributed by atoms with Gasteiger partial charge in [-0.05, 0) is 30.3 Å². The van der Waals surface area contributed by atoms with Crippen LogP contribution >= 0.6 is 0 Å². The van der Waals surface area contributed by atoms with Crippen LogP contribution in [0.2, 0.25) is 0 Å². The molecule has 7 heteroatoms. The number of para-hydroxylation sites is 1. The Morgan fingerprint density at radius 2 is 1.72 bits per heavy atom. The highest BCUT2D eigenvalue weighted by atomic mass is 16.5. The molecule has 1 aliphatic heterocycles. The fraction of sp³-hybridized carbons (Fsp3) is 0.222. The first-order chi connectivity index (χ1) is 12.2. The fourth-order valence-corrected chi connectivity index (χ4v) is 2.62. The van der Waals surface area contributed by atoms with Gasteiger partial charge in [-0.15, -0.1) is 0 Å². The van der Waals surface area contributed by atoms with Crippen LogP contribution in [0.25, 0.3) is 0 Å². The molecule has 2 aromatic rings. The van der Waals surface area contributed by atoms with E-state index >= 15 is 0 Å². The Kier molecular flexibility index (Phi) is 5.03. The molecule has 1 unspecified atom stereocenters. The fourth-order valence-electron chi connectivity index (χ4n) is 2.62. The summed E-state index contributed by atoms with van der Waals surface area (Å²) >= 11 is 0. The number of hydrogen-bond acceptors (Lipinski definition) is 4. The molecule has 0 bridgehead atoms. The lowest BCUT2D eigenvalue weighted by molar-refractivity contribution is 0.187. The third-order valence-electron chi connectivity index (χ3n) is 3.84.